The Morgan fingerprint density at radius 1 is 1.18 bits per heavy atom. The van der Waals surface area contributed by atoms with Crippen molar-refractivity contribution >= 4 is 34.8 Å². The van der Waals surface area contributed by atoms with Crippen LogP contribution >= 0.6 is 12.2 Å². The number of nitrogens with one attached hydrogen (secondary N) is 1. The third-order valence-electron chi connectivity index (χ3n) is 4.54. The van der Waals surface area contributed by atoms with Crippen molar-refractivity contribution in [1.29, 1.82) is 0 Å². The number of nitrogens with zero attached hydrogens (tertiary/aromatic N) is 2. The van der Waals surface area contributed by atoms with Crippen LogP contribution < -0.4 is 10.1 Å². The Bertz CT molecular complexity index is 887. The summed E-state index contributed by atoms with van der Waals surface area (Å²) in [6.07, 6.45) is -0.0587. The number of amides is 2. The zero-order valence-electron chi connectivity index (χ0n) is 15.5. The predicted molar refractivity (Wildman–Crippen MR) is 107 cm³/mol. The summed E-state index contributed by atoms with van der Waals surface area (Å²) in [5, 5.41) is 3.06. The van der Waals surface area contributed by atoms with Gasteiger partial charge in [-0.2, -0.15) is 0 Å². The molecular formula is C20H20FN3O3S. The summed E-state index contributed by atoms with van der Waals surface area (Å²) in [6.45, 7) is 0.396. The molecule has 0 aromatic heterocycles. The van der Waals surface area contributed by atoms with E-state index in [0.29, 0.717) is 17.3 Å². The largest absolute Gasteiger partial charge is 0.497 e. The average Bonchev–Trinajstić information content (AvgIpc) is 2.88. The fourth-order valence-electron chi connectivity index (χ4n) is 3.00. The van der Waals surface area contributed by atoms with Crippen LogP contribution in [0.15, 0.2) is 48.5 Å². The van der Waals surface area contributed by atoms with Crippen LogP contribution in [0, 0.1) is 5.82 Å². The van der Waals surface area contributed by atoms with Crippen LogP contribution in [0.2, 0.25) is 0 Å². The van der Waals surface area contributed by atoms with Crippen molar-refractivity contribution < 1.29 is 18.7 Å². The topological polar surface area (TPSA) is 61.9 Å². The van der Waals surface area contributed by atoms with Crippen molar-refractivity contribution in [3.8, 4) is 5.75 Å². The molecule has 1 heterocycles. The molecule has 1 aliphatic heterocycles. The predicted octanol–water partition coefficient (Wildman–Crippen LogP) is 2.79. The number of benzene rings is 2. The first-order chi connectivity index (χ1) is 13.4. The maximum atomic E-state index is 13.0. The number of hydrogen-bond donors (Lipinski definition) is 1. The molecule has 8 heteroatoms. The second-order valence-corrected chi connectivity index (χ2v) is 6.80. The Morgan fingerprint density at radius 3 is 2.43 bits per heavy atom. The Kier molecular flexibility index (Phi) is 5.89. The number of carbonyl (C=O) groups excluding carboxylic acids is 2. The SMILES string of the molecule is COc1ccc(CN2C(=S)N(C)C(=O)C2CC(=O)Nc2ccc(F)cc2)cc1. The number of hydrogen-bond acceptors (Lipinski definition) is 4. The van der Waals surface area contributed by atoms with Crippen LogP contribution in [0.5, 0.6) is 5.75 Å². The van der Waals surface area contributed by atoms with Gasteiger partial charge in [0.25, 0.3) is 5.91 Å². The minimum Gasteiger partial charge on any atom is -0.497 e. The van der Waals surface area contributed by atoms with Gasteiger partial charge in [-0.3, -0.25) is 14.5 Å². The van der Waals surface area contributed by atoms with Gasteiger partial charge in [-0.05, 0) is 54.2 Å². The zero-order chi connectivity index (χ0) is 20.3. The number of likely N-dealkylation sites (N-methyl/N-ethyl adjacent to an activating group) is 1. The molecule has 1 fully saturated rings. The third kappa shape index (κ3) is 4.28. The molecule has 0 saturated carbocycles. The maximum absolute atomic E-state index is 13.0. The van der Waals surface area contributed by atoms with Crippen LogP contribution in [0.4, 0.5) is 10.1 Å². The lowest BCUT2D eigenvalue weighted by atomic mass is 10.1. The van der Waals surface area contributed by atoms with Gasteiger partial charge in [0, 0.05) is 19.3 Å². The molecular weight excluding hydrogens is 381 g/mol. The number of carbonyl (C=O) groups is 2. The van der Waals surface area contributed by atoms with Crippen LogP contribution in [-0.2, 0) is 16.1 Å². The molecule has 2 aromatic carbocycles. The molecule has 2 amide bonds. The highest BCUT2D eigenvalue weighted by Gasteiger charge is 2.41. The quantitative estimate of drug-likeness (QED) is 0.755. The fraction of sp³-hybridized carbons (Fsp3) is 0.250. The lowest BCUT2D eigenvalue weighted by Gasteiger charge is -2.23. The first-order valence-corrected chi connectivity index (χ1v) is 9.06. The van der Waals surface area contributed by atoms with E-state index >= 15 is 0 Å². The van der Waals surface area contributed by atoms with Crippen LogP contribution in [0.3, 0.4) is 0 Å². The van der Waals surface area contributed by atoms with Crippen molar-refractivity contribution in [2.24, 2.45) is 0 Å². The van der Waals surface area contributed by atoms with Crippen LogP contribution in [0.25, 0.3) is 0 Å². The summed E-state index contributed by atoms with van der Waals surface area (Å²) < 4.78 is 18.2. The van der Waals surface area contributed by atoms with E-state index in [1.165, 1.54) is 29.2 Å². The fourth-order valence-corrected chi connectivity index (χ4v) is 3.28. The molecule has 1 N–H and O–H groups in total. The molecule has 1 saturated heterocycles. The van der Waals surface area contributed by atoms with E-state index in [0.717, 1.165) is 11.3 Å². The minimum atomic E-state index is -0.694. The highest BCUT2D eigenvalue weighted by Crippen LogP contribution is 2.23. The molecule has 1 aliphatic rings. The number of anilines is 1. The van der Waals surface area contributed by atoms with Gasteiger partial charge in [0.05, 0.1) is 13.5 Å². The van der Waals surface area contributed by atoms with E-state index in [-0.39, 0.29) is 24.1 Å². The van der Waals surface area contributed by atoms with Gasteiger partial charge in [0.15, 0.2) is 5.11 Å². The van der Waals surface area contributed by atoms with E-state index in [4.69, 9.17) is 17.0 Å². The highest BCUT2D eigenvalue weighted by atomic mass is 32.1. The van der Waals surface area contributed by atoms with Gasteiger partial charge in [-0.15, -0.1) is 0 Å². The van der Waals surface area contributed by atoms with Crippen molar-refractivity contribution in [2.45, 2.75) is 19.0 Å². The Morgan fingerprint density at radius 2 is 1.82 bits per heavy atom. The van der Waals surface area contributed by atoms with Crippen molar-refractivity contribution in [2.75, 3.05) is 19.5 Å². The summed E-state index contributed by atoms with van der Waals surface area (Å²) in [5.41, 5.74) is 1.41. The van der Waals surface area contributed by atoms with Crippen LogP contribution in [0.1, 0.15) is 12.0 Å². The van der Waals surface area contributed by atoms with E-state index < -0.39 is 6.04 Å². The summed E-state index contributed by atoms with van der Waals surface area (Å²) >= 11 is 5.39. The first-order valence-electron chi connectivity index (χ1n) is 8.65. The Labute approximate surface area is 167 Å². The minimum absolute atomic E-state index is 0.0587. The number of methoxy groups -OCH3 is 1. The van der Waals surface area contributed by atoms with Gasteiger partial charge in [-0.1, -0.05) is 12.1 Å². The molecule has 2 aromatic rings. The molecule has 1 atom stereocenters. The van der Waals surface area contributed by atoms with E-state index in [1.807, 2.05) is 24.3 Å². The molecule has 0 spiro atoms. The van der Waals surface area contributed by atoms with Gasteiger partial charge in [0.1, 0.15) is 17.6 Å². The Hall–Kier alpha value is -3.00. The molecule has 146 valence electrons. The number of halogens is 1. The molecule has 1 unspecified atom stereocenters. The molecule has 6 nitrogen and oxygen atoms in total. The molecule has 0 bridgehead atoms. The van der Waals surface area contributed by atoms with Crippen molar-refractivity contribution in [3.63, 3.8) is 0 Å². The van der Waals surface area contributed by atoms with E-state index in [9.17, 15) is 14.0 Å². The zero-order valence-corrected chi connectivity index (χ0v) is 16.3. The molecule has 0 aliphatic carbocycles. The summed E-state index contributed by atoms with van der Waals surface area (Å²) in [5.74, 6) is -0.228. The summed E-state index contributed by atoms with van der Waals surface area (Å²) in [7, 11) is 3.19. The summed E-state index contributed by atoms with van der Waals surface area (Å²) in [4.78, 5) is 28.2. The van der Waals surface area contributed by atoms with E-state index in [2.05, 4.69) is 5.32 Å². The van der Waals surface area contributed by atoms with Crippen LogP contribution in [-0.4, -0.2) is 46.9 Å². The number of thiocarbonyl (C=S) groups is 1. The lowest BCUT2D eigenvalue weighted by Crippen LogP contribution is -2.37. The van der Waals surface area contributed by atoms with Crippen molar-refractivity contribution in [3.05, 3.63) is 59.9 Å². The second kappa shape index (κ2) is 8.35. The highest BCUT2D eigenvalue weighted by molar-refractivity contribution is 7.80. The monoisotopic (exact) mass is 401 g/mol. The second-order valence-electron chi connectivity index (χ2n) is 6.43. The molecule has 28 heavy (non-hydrogen) atoms. The molecule has 0 radical (unpaired) electrons. The maximum Gasteiger partial charge on any atom is 0.251 e. The number of ether oxygens (including phenoxy) is 1. The van der Waals surface area contributed by atoms with Gasteiger partial charge in [-0.25, -0.2) is 4.39 Å². The molecule has 3 rings (SSSR count). The number of rotatable bonds is 6. The van der Waals surface area contributed by atoms with Gasteiger partial charge < -0.3 is 15.0 Å². The lowest BCUT2D eigenvalue weighted by molar-refractivity contribution is -0.130. The standard InChI is InChI=1S/C20H20FN3O3S/c1-23-19(26)17(11-18(25)22-15-7-5-14(21)6-8-15)24(20(23)28)12-13-3-9-16(27-2)10-4-13/h3-10,17H,11-12H2,1-2H3,(H,22,25). The first kappa shape index (κ1) is 19.8. The van der Waals surface area contributed by atoms with Gasteiger partial charge in [0.2, 0.25) is 5.91 Å². The average molecular weight is 401 g/mol. The van der Waals surface area contributed by atoms with Gasteiger partial charge >= 0.3 is 0 Å². The smallest absolute Gasteiger partial charge is 0.251 e. The summed E-state index contributed by atoms with van der Waals surface area (Å²) in [6, 6.07) is 12.2. The Balaban J connectivity index is 1.72. The van der Waals surface area contributed by atoms with E-state index in [1.54, 1.807) is 19.1 Å². The van der Waals surface area contributed by atoms with Crippen molar-refractivity contribution in [1.82, 2.24) is 9.80 Å². The normalized spacial score (nSPS) is 16.5. The third-order valence-corrected chi connectivity index (χ3v) is 5.05.